The zero-order chi connectivity index (χ0) is 14.7. The summed E-state index contributed by atoms with van der Waals surface area (Å²) in [5, 5.41) is 13.6. The van der Waals surface area contributed by atoms with Gasteiger partial charge in [-0.15, -0.1) is 0 Å². The van der Waals surface area contributed by atoms with Gasteiger partial charge in [-0.05, 0) is 29.5 Å². The van der Waals surface area contributed by atoms with Gasteiger partial charge in [0.1, 0.15) is 17.7 Å². The Morgan fingerprint density at radius 2 is 2.20 bits per heavy atom. The van der Waals surface area contributed by atoms with Gasteiger partial charge in [-0.1, -0.05) is 26.3 Å². The number of anilines is 1. The van der Waals surface area contributed by atoms with E-state index in [2.05, 4.69) is 10.3 Å². The Balaban J connectivity index is 2.42. The molecule has 4 nitrogen and oxygen atoms in total. The van der Waals surface area contributed by atoms with Crippen molar-refractivity contribution in [3.8, 4) is 0 Å². The largest absolute Gasteiger partial charge is 0.480 e. The number of rotatable bonds is 5. The number of nitrogens with one attached hydrogen (secondary N) is 1. The van der Waals surface area contributed by atoms with Crippen LogP contribution in [0.4, 0.5) is 10.2 Å². The Bertz CT molecular complexity index is 630. The van der Waals surface area contributed by atoms with Gasteiger partial charge in [0.15, 0.2) is 0 Å². The molecule has 1 heterocycles. The average molecular weight is 276 g/mol. The third kappa shape index (κ3) is 2.87. The molecule has 0 saturated heterocycles. The van der Waals surface area contributed by atoms with E-state index < -0.39 is 12.0 Å². The number of aromatic nitrogens is 1. The molecule has 2 N–H and O–H groups in total. The molecule has 1 aromatic carbocycles. The van der Waals surface area contributed by atoms with Crippen LogP contribution in [0.3, 0.4) is 0 Å². The number of halogens is 1. The number of fused-ring (bicyclic) bond motifs is 1. The number of carboxylic acid groups (broad SMARTS) is 1. The summed E-state index contributed by atoms with van der Waals surface area (Å²) in [5.41, 5.74) is 0. The first-order valence-electron chi connectivity index (χ1n) is 6.56. The number of benzene rings is 1. The molecule has 0 spiro atoms. The third-order valence-corrected chi connectivity index (χ3v) is 3.50. The zero-order valence-corrected chi connectivity index (χ0v) is 11.4. The molecule has 0 fully saturated rings. The SMILES string of the molecule is CC[C@H](C)[C@H](Nc1nccc2ccc(F)cc12)C(=O)O. The molecule has 0 aliphatic rings. The van der Waals surface area contributed by atoms with E-state index in [4.69, 9.17) is 0 Å². The standard InChI is InChI=1S/C15H17FN2O2/c1-3-9(2)13(15(19)20)18-14-12-8-11(16)5-4-10(12)6-7-17-14/h4-9,13H,3H2,1-2H3,(H,17,18)(H,19,20)/t9-,13-/m0/s1. The van der Waals surface area contributed by atoms with Crippen LogP contribution in [0.15, 0.2) is 30.5 Å². The van der Waals surface area contributed by atoms with Gasteiger partial charge in [0.05, 0.1) is 0 Å². The number of pyridine rings is 1. The van der Waals surface area contributed by atoms with Crippen molar-refractivity contribution in [2.45, 2.75) is 26.3 Å². The second-order valence-corrected chi connectivity index (χ2v) is 4.87. The van der Waals surface area contributed by atoms with Crippen LogP contribution in [-0.4, -0.2) is 22.1 Å². The first kappa shape index (κ1) is 14.2. The highest BCUT2D eigenvalue weighted by Crippen LogP contribution is 2.24. The molecular formula is C15H17FN2O2. The summed E-state index contributed by atoms with van der Waals surface area (Å²) in [6.07, 6.45) is 2.31. The van der Waals surface area contributed by atoms with E-state index in [1.54, 1.807) is 18.3 Å². The Hall–Kier alpha value is -2.17. The number of aliphatic carboxylic acids is 1. The van der Waals surface area contributed by atoms with Crippen molar-refractivity contribution in [3.05, 3.63) is 36.3 Å². The van der Waals surface area contributed by atoms with E-state index in [-0.39, 0.29) is 11.7 Å². The summed E-state index contributed by atoms with van der Waals surface area (Å²) < 4.78 is 13.4. The fourth-order valence-electron chi connectivity index (χ4n) is 2.09. The van der Waals surface area contributed by atoms with Gasteiger partial charge in [0.2, 0.25) is 0 Å². The molecule has 20 heavy (non-hydrogen) atoms. The lowest BCUT2D eigenvalue weighted by molar-refractivity contribution is -0.139. The van der Waals surface area contributed by atoms with Gasteiger partial charge in [-0.3, -0.25) is 0 Å². The lowest BCUT2D eigenvalue weighted by Gasteiger charge is -2.21. The predicted octanol–water partition coefficient (Wildman–Crippen LogP) is 3.29. The Labute approximate surface area is 116 Å². The van der Waals surface area contributed by atoms with E-state index in [0.717, 1.165) is 11.8 Å². The fraction of sp³-hybridized carbons (Fsp3) is 0.333. The molecule has 0 radical (unpaired) electrons. The highest BCUT2D eigenvalue weighted by molar-refractivity contribution is 5.93. The topological polar surface area (TPSA) is 62.2 Å². The molecule has 0 unspecified atom stereocenters. The lowest BCUT2D eigenvalue weighted by Crippen LogP contribution is -2.35. The fourth-order valence-corrected chi connectivity index (χ4v) is 2.09. The third-order valence-electron chi connectivity index (χ3n) is 3.50. The highest BCUT2D eigenvalue weighted by Gasteiger charge is 2.24. The Kier molecular flexibility index (Phi) is 4.17. The minimum atomic E-state index is -0.936. The van der Waals surface area contributed by atoms with Crippen LogP contribution in [0.25, 0.3) is 10.8 Å². The number of carbonyl (C=O) groups is 1. The number of hydrogen-bond acceptors (Lipinski definition) is 3. The maximum absolute atomic E-state index is 13.4. The van der Waals surface area contributed by atoms with Gasteiger partial charge < -0.3 is 10.4 Å². The molecule has 2 aromatic rings. The van der Waals surface area contributed by atoms with Crippen LogP contribution in [0.2, 0.25) is 0 Å². The van der Waals surface area contributed by atoms with E-state index in [0.29, 0.717) is 11.2 Å². The van der Waals surface area contributed by atoms with Crippen LogP contribution in [0.5, 0.6) is 0 Å². The maximum Gasteiger partial charge on any atom is 0.326 e. The summed E-state index contributed by atoms with van der Waals surface area (Å²) in [5.74, 6) is -0.966. The maximum atomic E-state index is 13.4. The van der Waals surface area contributed by atoms with E-state index in [9.17, 15) is 14.3 Å². The van der Waals surface area contributed by atoms with Gasteiger partial charge in [-0.2, -0.15) is 0 Å². The lowest BCUT2D eigenvalue weighted by atomic mass is 9.99. The summed E-state index contributed by atoms with van der Waals surface area (Å²) in [4.78, 5) is 15.5. The van der Waals surface area contributed by atoms with Gasteiger partial charge >= 0.3 is 5.97 Å². The van der Waals surface area contributed by atoms with Crippen molar-refractivity contribution in [2.75, 3.05) is 5.32 Å². The molecule has 5 heteroatoms. The Morgan fingerprint density at radius 1 is 1.45 bits per heavy atom. The van der Waals surface area contributed by atoms with E-state index in [1.165, 1.54) is 12.1 Å². The van der Waals surface area contributed by atoms with Crippen LogP contribution in [0, 0.1) is 11.7 Å². The molecule has 0 amide bonds. The van der Waals surface area contributed by atoms with Crippen molar-refractivity contribution in [1.82, 2.24) is 4.98 Å². The molecule has 0 aliphatic heterocycles. The van der Waals surface area contributed by atoms with Crippen LogP contribution >= 0.6 is 0 Å². The number of nitrogens with zero attached hydrogens (tertiary/aromatic N) is 1. The summed E-state index contributed by atoms with van der Waals surface area (Å²) >= 11 is 0. The van der Waals surface area contributed by atoms with Crippen LogP contribution in [-0.2, 0) is 4.79 Å². The predicted molar refractivity (Wildman–Crippen MR) is 76.2 cm³/mol. The number of hydrogen-bond donors (Lipinski definition) is 2. The Morgan fingerprint density at radius 3 is 2.85 bits per heavy atom. The normalized spacial score (nSPS) is 13.9. The van der Waals surface area contributed by atoms with E-state index in [1.807, 2.05) is 13.8 Å². The molecular weight excluding hydrogens is 259 g/mol. The van der Waals surface area contributed by atoms with Crippen molar-refractivity contribution in [1.29, 1.82) is 0 Å². The van der Waals surface area contributed by atoms with Gasteiger partial charge in [-0.25, -0.2) is 14.2 Å². The summed E-state index contributed by atoms with van der Waals surface area (Å²) in [7, 11) is 0. The van der Waals surface area contributed by atoms with Crippen LogP contribution < -0.4 is 5.32 Å². The minimum absolute atomic E-state index is 0.0573. The second-order valence-electron chi connectivity index (χ2n) is 4.87. The van der Waals surface area contributed by atoms with E-state index >= 15 is 0 Å². The molecule has 0 saturated carbocycles. The summed E-state index contributed by atoms with van der Waals surface area (Å²) in [6, 6.07) is 5.40. The van der Waals surface area contributed by atoms with Crippen molar-refractivity contribution >= 4 is 22.6 Å². The first-order valence-corrected chi connectivity index (χ1v) is 6.56. The summed E-state index contributed by atoms with van der Waals surface area (Å²) in [6.45, 7) is 3.79. The number of carboxylic acids is 1. The molecule has 2 atom stereocenters. The van der Waals surface area contributed by atoms with Crippen molar-refractivity contribution < 1.29 is 14.3 Å². The second kappa shape index (κ2) is 5.86. The van der Waals surface area contributed by atoms with Crippen molar-refractivity contribution in [3.63, 3.8) is 0 Å². The minimum Gasteiger partial charge on any atom is -0.480 e. The molecule has 0 bridgehead atoms. The molecule has 106 valence electrons. The quantitative estimate of drug-likeness (QED) is 0.879. The zero-order valence-electron chi connectivity index (χ0n) is 11.4. The monoisotopic (exact) mass is 276 g/mol. The smallest absolute Gasteiger partial charge is 0.326 e. The van der Waals surface area contributed by atoms with Crippen LogP contribution in [0.1, 0.15) is 20.3 Å². The first-order chi connectivity index (χ1) is 9.52. The average Bonchev–Trinajstić information content (AvgIpc) is 2.43. The highest BCUT2D eigenvalue weighted by atomic mass is 19.1. The van der Waals surface area contributed by atoms with Gasteiger partial charge in [0.25, 0.3) is 0 Å². The molecule has 2 rings (SSSR count). The molecule has 1 aromatic heterocycles. The van der Waals surface area contributed by atoms with Crippen molar-refractivity contribution in [2.24, 2.45) is 5.92 Å². The van der Waals surface area contributed by atoms with Gasteiger partial charge in [0, 0.05) is 11.6 Å². The molecule has 0 aliphatic carbocycles.